The molecule has 1 saturated heterocycles. The summed E-state index contributed by atoms with van der Waals surface area (Å²) in [6.07, 6.45) is 0.415. The summed E-state index contributed by atoms with van der Waals surface area (Å²) in [5.74, 6) is -0.218. The van der Waals surface area contributed by atoms with E-state index < -0.39 is 5.97 Å². The Hall–Kier alpha value is -2.67. The lowest BCUT2D eigenvalue weighted by molar-refractivity contribution is -0.116. The summed E-state index contributed by atoms with van der Waals surface area (Å²) in [5.41, 5.74) is 1.34. The van der Waals surface area contributed by atoms with Gasteiger partial charge in [-0.3, -0.25) is 4.79 Å². The predicted octanol–water partition coefficient (Wildman–Crippen LogP) is 2.75. The van der Waals surface area contributed by atoms with Crippen LogP contribution in [0.2, 0.25) is 0 Å². The summed E-state index contributed by atoms with van der Waals surface area (Å²) < 4.78 is 5.34. The summed E-state index contributed by atoms with van der Waals surface area (Å²) in [6.45, 7) is 6.51. The lowest BCUT2D eigenvalue weighted by Crippen LogP contribution is -2.36. The highest BCUT2D eigenvalue weighted by Crippen LogP contribution is 2.26. The Bertz CT molecular complexity index is 829. The van der Waals surface area contributed by atoms with Crippen LogP contribution in [0, 0.1) is 5.92 Å². The lowest BCUT2D eigenvalue weighted by atomic mass is 10.1. The van der Waals surface area contributed by atoms with Gasteiger partial charge < -0.3 is 20.1 Å². The molecule has 7 nitrogen and oxygen atoms in total. The minimum atomic E-state index is -1.02. The Balaban J connectivity index is 1.96. The SMILES string of the molecule is CC(C)CC(=O)Nc1ccc2nc(N3CCOCC3)cc(C(=O)O)c2c1. The fraction of sp³-hybridized carbons (Fsp3) is 0.421. The van der Waals surface area contributed by atoms with E-state index in [1.807, 2.05) is 18.7 Å². The van der Waals surface area contributed by atoms with E-state index in [9.17, 15) is 14.7 Å². The van der Waals surface area contributed by atoms with Crippen molar-refractivity contribution in [3.05, 3.63) is 29.8 Å². The normalized spacial score (nSPS) is 14.7. The summed E-state index contributed by atoms with van der Waals surface area (Å²) in [5, 5.41) is 13.0. The Morgan fingerprint density at radius 3 is 2.65 bits per heavy atom. The highest BCUT2D eigenvalue weighted by molar-refractivity contribution is 6.05. The van der Waals surface area contributed by atoms with Crippen molar-refractivity contribution in [3.8, 4) is 0 Å². The molecule has 0 spiro atoms. The van der Waals surface area contributed by atoms with E-state index in [0.29, 0.717) is 55.1 Å². The van der Waals surface area contributed by atoms with E-state index in [1.165, 1.54) is 0 Å². The maximum Gasteiger partial charge on any atom is 0.336 e. The largest absolute Gasteiger partial charge is 0.478 e. The number of carboxylic acid groups (broad SMARTS) is 1. The average Bonchev–Trinajstić information content (AvgIpc) is 2.60. The molecule has 1 aromatic carbocycles. The summed E-state index contributed by atoms with van der Waals surface area (Å²) >= 11 is 0. The molecule has 0 atom stereocenters. The quantitative estimate of drug-likeness (QED) is 0.855. The number of amides is 1. The van der Waals surface area contributed by atoms with Crippen molar-refractivity contribution in [2.24, 2.45) is 5.92 Å². The molecule has 1 aliphatic heterocycles. The first-order valence-electron chi connectivity index (χ1n) is 8.74. The number of pyridine rings is 1. The number of anilines is 2. The smallest absolute Gasteiger partial charge is 0.336 e. The van der Waals surface area contributed by atoms with Gasteiger partial charge in [-0.05, 0) is 30.2 Å². The summed E-state index contributed by atoms with van der Waals surface area (Å²) in [7, 11) is 0. The first-order chi connectivity index (χ1) is 12.4. The Kier molecular flexibility index (Phi) is 5.37. The number of morpholine rings is 1. The minimum Gasteiger partial charge on any atom is -0.478 e. The van der Waals surface area contributed by atoms with Gasteiger partial charge in [0, 0.05) is 30.6 Å². The second kappa shape index (κ2) is 7.70. The molecule has 3 rings (SSSR count). The molecular weight excluding hydrogens is 334 g/mol. The fourth-order valence-electron chi connectivity index (χ4n) is 3.00. The number of fused-ring (bicyclic) bond motifs is 1. The van der Waals surface area contributed by atoms with Crippen LogP contribution in [0.5, 0.6) is 0 Å². The van der Waals surface area contributed by atoms with Crippen LogP contribution in [-0.2, 0) is 9.53 Å². The van der Waals surface area contributed by atoms with Gasteiger partial charge in [-0.1, -0.05) is 13.8 Å². The minimum absolute atomic E-state index is 0.0888. The van der Waals surface area contributed by atoms with Crippen LogP contribution in [0.25, 0.3) is 10.9 Å². The van der Waals surface area contributed by atoms with Crippen LogP contribution in [0.3, 0.4) is 0 Å². The van der Waals surface area contributed by atoms with Gasteiger partial charge in [0.05, 0.1) is 24.3 Å². The average molecular weight is 357 g/mol. The van der Waals surface area contributed by atoms with Gasteiger partial charge in [0.2, 0.25) is 5.91 Å². The van der Waals surface area contributed by atoms with Gasteiger partial charge >= 0.3 is 5.97 Å². The van der Waals surface area contributed by atoms with Gasteiger partial charge in [-0.25, -0.2) is 9.78 Å². The van der Waals surface area contributed by atoms with E-state index in [2.05, 4.69) is 10.3 Å². The maximum absolute atomic E-state index is 12.0. The van der Waals surface area contributed by atoms with E-state index in [-0.39, 0.29) is 17.4 Å². The number of aromatic carboxylic acids is 1. The number of hydrogen-bond donors (Lipinski definition) is 2. The molecule has 1 fully saturated rings. The molecule has 0 unspecified atom stereocenters. The Morgan fingerprint density at radius 1 is 1.27 bits per heavy atom. The number of nitrogens with zero attached hydrogens (tertiary/aromatic N) is 2. The number of ether oxygens (including phenoxy) is 1. The highest BCUT2D eigenvalue weighted by atomic mass is 16.5. The van der Waals surface area contributed by atoms with Gasteiger partial charge in [0.1, 0.15) is 5.82 Å². The maximum atomic E-state index is 12.0. The Morgan fingerprint density at radius 2 is 2.00 bits per heavy atom. The predicted molar refractivity (Wildman–Crippen MR) is 99.8 cm³/mol. The van der Waals surface area contributed by atoms with E-state index >= 15 is 0 Å². The second-order valence-electron chi connectivity index (χ2n) is 6.81. The second-order valence-corrected chi connectivity index (χ2v) is 6.81. The molecule has 2 N–H and O–H groups in total. The van der Waals surface area contributed by atoms with Crippen molar-refractivity contribution in [1.82, 2.24) is 4.98 Å². The number of benzene rings is 1. The van der Waals surface area contributed by atoms with Gasteiger partial charge in [-0.2, -0.15) is 0 Å². The number of rotatable bonds is 5. The number of hydrogen-bond acceptors (Lipinski definition) is 5. The van der Waals surface area contributed by atoms with E-state index in [0.717, 1.165) is 0 Å². The summed E-state index contributed by atoms with van der Waals surface area (Å²) in [6, 6.07) is 6.77. The number of aromatic nitrogens is 1. The zero-order valence-electron chi connectivity index (χ0n) is 15.0. The highest BCUT2D eigenvalue weighted by Gasteiger charge is 2.18. The van der Waals surface area contributed by atoms with Crippen LogP contribution in [0.4, 0.5) is 11.5 Å². The molecule has 1 aliphatic rings. The number of carbonyl (C=O) groups is 2. The number of carbonyl (C=O) groups excluding carboxylic acids is 1. The van der Waals surface area contributed by atoms with Crippen molar-refractivity contribution in [1.29, 1.82) is 0 Å². The number of nitrogens with one attached hydrogen (secondary N) is 1. The molecular formula is C19H23N3O4. The molecule has 0 aliphatic carbocycles. The third-order valence-electron chi connectivity index (χ3n) is 4.24. The van der Waals surface area contributed by atoms with Crippen molar-refractivity contribution < 1.29 is 19.4 Å². The Labute approximate surface area is 152 Å². The van der Waals surface area contributed by atoms with Crippen molar-refractivity contribution in [3.63, 3.8) is 0 Å². The van der Waals surface area contributed by atoms with Gasteiger partial charge in [-0.15, -0.1) is 0 Å². The molecule has 1 amide bonds. The van der Waals surface area contributed by atoms with Crippen LogP contribution in [0.15, 0.2) is 24.3 Å². The molecule has 2 heterocycles. The molecule has 26 heavy (non-hydrogen) atoms. The van der Waals surface area contributed by atoms with Crippen molar-refractivity contribution >= 4 is 34.3 Å². The molecule has 0 radical (unpaired) electrons. The topological polar surface area (TPSA) is 91.8 Å². The number of carboxylic acids is 1. The first kappa shape index (κ1) is 18.1. The van der Waals surface area contributed by atoms with Gasteiger partial charge in [0.15, 0.2) is 0 Å². The monoisotopic (exact) mass is 357 g/mol. The van der Waals surface area contributed by atoms with Crippen LogP contribution in [0.1, 0.15) is 30.6 Å². The zero-order valence-corrected chi connectivity index (χ0v) is 15.0. The molecule has 0 bridgehead atoms. The third kappa shape index (κ3) is 4.11. The standard InChI is InChI=1S/C19H23N3O4/c1-12(2)9-18(23)20-13-3-4-16-14(10-13)15(19(24)25)11-17(21-16)22-5-7-26-8-6-22/h3-4,10-12H,5-9H2,1-2H3,(H,20,23)(H,24,25). The van der Waals surface area contributed by atoms with E-state index in [1.54, 1.807) is 24.3 Å². The van der Waals surface area contributed by atoms with Gasteiger partial charge in [0.25, 0.3) is 0 Å². The van der Waals surface area contributed by atoms with Crippen molar-refractivity contribution in [2.75, 3.05) is 36.5 Å². The first-order valence-corrected chi connectivity index (χ1v) is 8.74. The molecule has 0 saturated carbocycles. The lowest BCUT2D eigenvalue weighted by Gasteiger charge is -2.28. The van der Waals surface area contributed by atoms with Crippen LogP contribution >= 0.6 is 0 Å². The van der Waals surface area contributed by atoms with Crippen LogP contribution in [-0.4, -0.2) is 48.3 Å². The fourth-order valence-corrected chi connectivity index (χ4v) is 3.00. The summed E-state index contributed by atoms with van der Waals surface area (Å²) in [4.78, 5) is 30.4. The van der Waals surface area contributed by atoms with Crippen LogP contribution < -0.4 is 10.2 Å². The van der Waals surface area contributed by atoms with Crippen molar-refractivity contribution in [2.45, 2.75) is 20.3 Å². The third-order valence-corrected chi connectivity index (χ3v) is 4.24. The molecule has 1 aromatic heterocycles. The molecule has 138 valence electrons. The molecule has 2 aromatic rings. The van der Waals surface area contributed by atoms with E-state index in [4.69, 9.17) is 4.74 Å². The zero-order chi connectivity index (χ0) is 18.7. The molecule has 7 heteroatoms.